The van der Waals surface area contributed by atoms with Crippen molar-refractivity contribution in [3.63, 3.8) is 0 Å². The summed E-state index contributed by atoms with van der Waals surface area (Å²) in [4.78, 5) is 0. The van der Waals surface area contributed by atoms with Crippen LogP contribution in [0.15, 0.2) is 0 Å². The molecule has 0 amide bonds. The Bertz CT molecular complexity index is 1150. The lowest BCUT2D eigenvalue weighted by molar-refractivity contribution is 0.985. The zero-order valence-electron chi connectivity index (χ0n) is 24.4. The van der Waals surface area contributed by atoms with E-state index >= 15 is 0 Å². The van der Waals surface area contributed by atoms with Gasteiger partial charge in [-0.05, 0) is 210 Å². The Morgan fingerprint density at radius 1 is 0.206 bits per heavy atom. The van der Waals surface area contributed by atoms with Gasteiger partial charge in [0, 0.05) is 0 Å². The number of rotatable bonds is 4. The minimum Gasteiger partial charge on any atom is -0.0447 e. The molecular weight excluding hydrogens is 408 g/mol. The maximum Gasteiger partial charge on any atom is -0.00149 e. The van der Waals surface area contributed by atoms with Crippen LogP contribution in [0.4, 0.5) is 0 Å². The summed E-state index contributed by atoms with van der Waals surface area (Å²) in [7, 11) is 0. The normalized spacial score (nSPS) is 11.5. The van der Waals surface area contributed by atoms with Crippen LogP contribution in [0.25, 0.3) is 0 Å². The maximum absolute atomic E-state index is 2.38. The van der Waals surface area contributed by atoms with Crippen LogP contribution in [-0.2, 0) is 12.8 Å². The van der Waals surface area contributed by atoms with Gasteiger partial charge in [0.2, 0.25) is 0 Å². The minimum absolute atomic E-state index is 1.02. The summed E-state index contributed by atoms with van der Waals surface area (Å²) in [6, 6.07) is 0. The van der Waals surface area contributed by atoms with Crippen molar-refractivity contribution in [3.8, 4) is 0 Å². The molecule has 0 heteroatoms. The van der Waals surface area contributed by atoms with Crippen molar-refractivity contribution in [2.45, 2.75) is 110 Å². The number of benzene rings is 3. The molecular formula is C34H46. The first-order chi connectivity index (χ1) is 15.7. The molecule has 0 fully saturated rings. The second-order valence-electron chi connectivity index (χ2n) is 11.0. The van der Waals surface area contributed by atoms with Gasteiger partial charge in [-0.15, -0.1) is 0 Å². The molecule has 0 aliphatic heterocycles. The summed E-state index contributed by atoms with van der Waals surface area (Å²) >= 11 is 0. The highest BCUT2D eigenvalue weighted by molar-refractivity contribution is 5.58. The van der Waals surface area contributed by atoms with Crippen LogP contribution in [0.1, 0.15) is 100 Å². The summed E-state index contributed by atoms with van der Waals surface area (Å²) in [5.41, 5.74) is 26.6. The molecule has 182 valence electrons. The number of hydrogen-bond acceptors (Lipinski definition) is 0. The molecule has 0 unspecified atom stereocenters. The lowest BCUT2D eigenvalue weighted by atomic mass is 9.79. The molecule has 0 aromatic heterocycles. The maximum atomic E-state index is 2.38. The molecule has 0 N–H and O–H groups in total. The Balaban J connectivity index is 2.24. The zero-order valence-corrected chi connectivity index (χ0v) is 24.4. The van der Waals surface area contributed by atoms with E-state index in [0.717, 1.165) is 12.8 Å². The smallest absolute Gasteiger partial charge is 0.00149 e. The first kappa shape index (κ1) is 26.3. The summed E-state index contributed by atoms with van der Waals surface area (Å²) in [5, 5.41) is 0. The molecule has 3 rings (SSSR count). The highest BCUT2D eigenvalue weighted by Gasteiger charge is 2.21. The second kappa shape index (κ2) is 9.37. The predicted octanol–water partition coefficient (Wildman–Crippen LogP) is 9.19. The Hall–Kier alpha value is -2.34. The Labute approximate surface area is 209 Å². The largest absolute Gasteiger partial charge is 0.0447 e. The first-order valence-electron chi connectivity index (χ1n) is 12.9. The van der Waals surface area contributed by atoms with E-state index in [2.05, 4.69) is 96.9 Å². The van der Waals surface area contributed by atoms with Gasteiger partial charge in [0.15, 0.2) is 0 Å². The van der Waals surface area contributed by atoms with Crippen molar-refractivity contribution in [2.75, 3.05) is 0 Å². The fraction of sp³-hybridized carbons (Fsp3) is 0.471. The van der Waals surface area contributed by atoms with Crippen molar-refractivity contribution >= 4 is 0 Å². The van der Waals surface area contributed by atoms with Crippen LogP contribution in [0.5, 0.6) is 0 Å². The van der Waals surface area contributed by atoms with E-state index in [1.54, 1.807) is 0 Å². The van der Waals surface area contributed by atoms with E-state index in [4.69, 9.17) is 0 Å². The van der Waals surface area contributed by atoms with Gasteiger partial charge in [-0.25, -0.2) is 0 Å². The summed E-state index contributed by atoms with van der Waals surface area (Å²) < 4.78 is 0. The third kappa shape index (κ3) is 4.04. The van der Waals surface area contributed by atoms with Gasteiger partial charge >= 0.3 is 0 Å². The van der Waals surface area contributed by atoms with Crippen LogP contribution >= 0.6 is 0 Å². The average molecular weight is 455 g/mol. The predicted molar refractivity (Wildman–Crippen MR) is 151 cm³/mol. The van der Waals surface area contributed by atoms with Crippen LogP contribution in [0, 0.1) is 96.9 Å². The van der Waals surface area contributed by atoms with Crippen LogP contribution < -0.4 is 0 Å². The average Bonchev–Trinajstić information content (AvgIpc) is 2.81. The molecule has 0 heterocycles. The Morgan fingerprint density at radius 3 is 0.588 bits per heavy atom. The quantitative estimate of drug-likeness (QED) is 0.368. The SMILES string of the molecule is Cc1c(C)c(C)c(Cc2c(C)c(C)c(C)c(Cc3c(C)c(C)c(C)c(C)c3C)c2C)c(C)c1C. The van der Waals surface area contributed by atoms with Crippen molar-refractivity contribution in [3.05, 3.63) is 100 Å². The van der Waals surface area contributed by atoms with Gasteiger partial charge in [-0.2, -0.15) is 0 Å². The Kier molecular flexibility index (Phi) is 7.24. The van der Waals surface area contributed by atoms with Crippen molar-refractivity contribution in [1.29, 1.82) is 0 Å². The highest BCUT2D eigenvalue weighted by Crippen LogP contribution is 2.35. The van der Waals surface area contributed by atoms with E-state index in [9.17, 15) is 0 Å². The molecule has 3 aromatic rings. The van der Waals surface area contributed by atoms with Crippen molar-refractivity contribution in [1.82, 2.24) is 0 Å². The van der Waals surface area contributed by atoms with Gasteiger partial charge < -0.3 is 0 Å². The van der Waals surface area contributed by atoms with Gasteiger partial charge in [-0.1, -0.05) is 0 Å². The first-order valence-corrected chi connectivity index (χ1v) is 12.9. The van der Waals surface area contributed by atoms with Gasteiger partial charge in [0.1, 0.15) is 0 Å². The molecule has 0 aliphatic carbocycles. The zero-order chi connectivity index (χ0) is 25.8. The molecule has 0 nitrogen and oxygen atoms in total. The molecule has 3 aromatic carbocycles. The Morgan fingerprint density at radius 2 is 0.353 bits per heavy atom. The van der Waals surface area contributed by atoms with E-state index in [0.29, 0.717) is 0 Å². The summed E-state index contributed by atoms with van der Waals surface area (Å²) in [5.74, 6) is 0. The van der Waals surface area contributed by atoms with Gasteiger partial charge in [-0.3, -0.25) is 0 Å². The van der Waals surface area contributed by atoms with Crippen LogP contribution in [0.3, 0.4) is 0 Å². The monoisotopic (exact) mass is 454 g/mol. The van der Waals surface area contributed by atoms with E-state index in [1.807, 2.05) is 0 Å². The highest BCUT2D eigenvalue weighted by atomic mass is 14.3. The van der Waals surface area contributed by atoms with Gasteiger partial charge in [0.05, 0.1) is 0 Å². The summed E-state index contributed by atoms with van der Waals surface area (Å²) in [6.45, 7) is 32.4. The van der Waals surface area contributed by atoms with E-state index < -0.39 is 0 Å². The van der Waals surface area contributed by atoms with Crippen LogP contribution in [0.2, 0.25) is 0 Å². The van der Waals surface area contributed by atoms with Crippen LogP contribution in [-0.4, -0.2) is 0 Å². The molecule has 0 radical (unpaired) electrons. The summed E-state index contributed by atoms with van der Waals surface area (Å²) in [6.07, 6.45) is 2.05. The number of hydrogen-bond donors (Lipinski definition) is 0. The fourth-order valence-electron chi connectivity index (χ4n) is 6.05. The third-order valence-electron chi connectivity index (χ3n) is 9.95. The second-order valence-corrected chi connectivity index (χ2v) is 11.0. The molecule has 0 spiro atoms. The van der Waals surface area contributed by atoms with E-state index in [-0.39, 0.29) is 0 Å². The molecule has 0 aliphatic rings. The third-order valence-corrected chi connectivity index (χ3v) is 9.95. The van der Waals surface area contributed by atoms with Crippen molar-refractivity contribution < 1.29 is 0 Å². The van der Waals surface area contributed by atoms with Crippen molar-refractivity contribution in [2.24, 2.45) is 0 Å². The molecule has 0 bridgehead atoms. The fourth-order valence-corrected chi connectivity index (χ4v) is 6.05. The standard InChI is InChI=1S/C34H46/c1-17-19(3)24(8)31(25(9)20(17)4)15-33-28(12)23(7)29(13)34(30(33)14)16-32-26(10)21(5)18(2)22(6)27(32)11/h15-16H2,1-14H3. The topological polar surface area (TPSA) is 0 Å². The molecule has 0 saturated carbocycles. The molecule has 34 heavy (non-hydrogen) atoms. The lowest BCUT2D eigenvalue weighted by Gasteiger charge is -2.25. The lowest BCUT2D eigenvalue weighted by Crippen LogP contribution is -2.11. The minimum atomic E-state index is 1.02. The molecule has 0 atom stereocenters. The van der Waals surface area contributed by atoms with Gasteiger partial charge in [0.25, 0.3) is 0 Å². The molecule has 0 saturated heterocycles. The van der Waals surface area contributed by atoms with E-state index in [1.165, 1.54) is 100 Å².